The van der Waals surface area contributed by atoms with Crippen LogP contribution in [0.15, 0.2) is 113 Å². The summed E-state index contributed by atoms with van der Waals surface area (Å²) >= 11 is 0. The Balaban J connectivity index is 1.36. The van der Waals surface area contributed by atoms with E-state index in [9.17, 15) is 9.59 Å². The molecule has 168 valence electrons. The monoisotopic (exact) mass is 455 g/mol. The van der Waals surface area contributed by atoms with E-state index in [-0.39, 0.29) is 17.9 Å². The molecular formula is C30H21N3O2. The van der Waals surface area contributed by atoms with Gasteiger partial charge in [-0.1, -0.05) is 72.8 Å². The van der Waals surface area contributed by atoms with Gasteiger partial charge in [0, 0.05) is 16.3 Å². The molecule has 0 atom stereocenters. The first-order chi connectivity index (χ1) is 17.2. The molecule has 0 fully saturated rings. The number of pyridine rings is 1. The molecule has 0 saturated carbocycles. The molecule has 35 heavy (non-hydrogen) atoms. The summed E-state index contributed by atoms with van der Waals surface area (Å²) in [6.45, 7) is 0.0366. The average molecular weight is 456 g/mol. The van der Waals surface area contributed by atoms with Crippen molar-refractivity contribution >= 4 is 55.5 Å². The highest BCUT2D eigenvalue weighted by atomic mass is 16.2. The first-order valence-corrected chi connectivity index (χ1v) is 11.4. The van der Waals surface area contributed by atoms with Gasteiger partial charge in [0.1, 0.15) is 6.54 Å². The summed E-state index contributed by atoms with van der Waals surface area (Å²) < 4.78 is 1.87. The molecule has 5 aromatic carbocycles. The fraction of sp³-hybridized carbons (Fsp3) is 0.0333. The van der Waals surface area contributed by atoms with Crippen LogP contribution in [0.4, 0.5) is 0 Å². The third-order valence-corrected chi connectivity index (χ3v) is 6.38. The van der Waals surface area contributed by atoms with Gasteiger partial charge in [0.2, 0.25) is 0 Å². The maximum atomic E-state index is 13.0. The zero-order valence-corrected chi connectivity index (χ0v) is 18.8. The minimum absolute atomic E-state index is 0.0336. The molecule has 0 aliphatic rings. The van der Waals surface area contributed by atoms with Crippen molar-refractivity contribution in [2.24, 2.45) is 5.10 Å². The number of carbonyl (C=O) groups excluding carboxylic acids is 1. The summed E-state index contributed by atoms with van der Waals surface area (Å²) in [6.07, 6.45) is 1.71. The molecule has 1 heterocycles. The molecule has 0 spiro atoms. The molecule has 0 aliphatic carbocycles. The number of nitrogens with zero attached hydrogens (tertiary/aromatic N) is 2. The number of amides is 1. The van der Waals surface area contributed by atoms with Crippen LogP contribution in [0.5, 0.6) is 0 Å². The summed E-state index contributed by atoms with van der Waals surface area (Å²) in [5.41, 5.74) is 5.04. The van der Waals surface area contributed by atoms with Crippen LogP contribution in [0.25, 0.3) is 43.4 Å². The zero-order chi connectivity index (χ0) is 23.8. The van der Waals surface area contributed by atoms with Gasteiger partial charge in [-0.15, -0.1) is 0 Å². The van der Waals surface area contributed by atoms with Crippen molar-refractivity contribution in [3.8, 4) is 0 Å². The van der Waals surface area contributed by atoms with Crippen LogP contribution in [0.2, 0.25) is 0 Å². The van der Waals surface area contributed by atoms with Crippen LogP contribution >= 0.6 is 0 Å². The van der Waals surface area contributed by atoms with Crippen LogP contribution in [0, 0.1) is 0 Å². The number of nitrogens with one attached hydrogen (secondary N) is 1. The van der Waals surface area contributed by atoms with Crippen molar-refractivity contribution in [3.63, 3.8) is 0 Å². The highest BCUT2D eigenvalue weighted by Gasteiger charge is 2.12. The highest BCUT2D eigenvalue weighted by Crippen LogP contribution is 2.27. The Kier molecular flexibility index (Phi) is 5.08. The standard InChI is InChI=1S/C30H21N3O2/c34-29(19-33-27-15-7-5-13-24(27)30(35)25-14-6-8-16-28(25)33)32-31-18-26-22-11-3-1-9-20(22)17-21-10-2-4-12-23(21)26/h1-18H,19H2,(H,32,34)/b31-18+. The van der Waals surface area contributed by atoms with Crippen molar-refractivity contribution in [3.05, 3.63) is 119 Å². The molecule has 1 N–H and O–H groups in total. The van der Waals surface area contributed by atoms with Gasteiger partial charge in [-0.05, 0) is 51.9 Å². The van der Waals surface area contributed by atoms with Gasteiger partial charge in [-0.25, -0.2) is 5.43 Å². The first kappa shape index (κ1) is 20.8. The minimum Gasteiger partial charge on any atom is -0.331 e. The van der Waals surface area contributed by atoms with E-state index in [1.54, 1.807) is 18.3 Å². The highest BCUT2D eigenvalue weighted by molar-refractivity contribution is 6.13. The number of fused-ring (bicyclic) bond motifs is 4. The predicted molar refractivity (Wildman–Crippen MR) is 143 cm³/mol. The number of hydrazone groups is 1. The number of aromatic nitrogens is 1. The number of carbonyl (C=O) groups is 1. The lowest BCUT2D eigenvalue weighted by Gasteiger charge is -2.14. The van der Waals surface area contributed by atoms with Crippen LogP contribution in [-0.4, -0.2) is 16.7 Å². The molecule has 5 nitrogen and oxygen atoms in total. The fourth-order valence-corrected chi connectivity index (χ4v) is 4.78. The van der Waals surface area contributed by atoms with E-state index in [1.807, 2.05) is 65.2 Å². The van der Waals surface area contributed by atoms with Crippen LogP contribution in [0.3, 0.4) is 0 Å². The van der Waals surface area contributed by atoms with E-state index in [2.05, 4.69) is 40.9 Å². The summed E-state index contributed by atoms with van der Waals surface area (Å²) in [7, 11) is 0. The Morgan fingerprint density at radius 1 is 0.714 bits per heavy atom. The van der Waals surface area contributed by atoms with Gasteiger partial charge in [-0.2, -0.15) is 5.10 Å². The largest absolute Gasteiger partial charge is 0.331 e. The molecular weight excluding hydrogens is 434 g/mol. The molecule has 6 rings (SSSR count). The molecule has 6 aromatic rings. The van der Waals surface area contributed by atoms with Crippen molar-refractivity contribution in [2.45, 2.75) is 6.54 Å². The Bertz CT molecular complexity index is 1740. The zero-order valence-electron chi connectivity index (χ0n) is 18.8. The maximum Gasteiger partial charge on any atom is 0.260 e. The predicted octanol–water partition coefficient (Wildman–Crippen LogP) is 5.61. The van der Waals surface area contributed by atoms with Gasteiger partial charge in [0.05, 0.1) is 17.2 Å². The molecule has 0 bridgehead atoms. The molecule has 1 amide bonds. The second-order valence-corrected chi connectivity index (χ2v) is 8.48. The summed E-state index contributed by atoms with van der Waals surface area (Å²) in [5.74, 6) is -0.273. The first-order valence-electron chi connectivity index (χ1n) is 11.4. The molecule has 0 aliphatic heterocycles. The Morgan fingerprint density at radius 3 is 1.77 bits per heavy atom. The SMILES string of the molecule is O=C(Cn1c2ccccc2c(=O)c2ccccc21)N/N=C/c1c2ccccc2cc2ccccc12. The summed E-state index contributed by atoms with van der Waals surface area (Å²) in [4.78, 5) is 25.9. The number of hydrogen-bond donors (Lipinski definition) is 1. The van der Waals surface area contributed by atoms with E-state index >= 15 is 0 Å². The second kappa shape index (κ2) is 8.54. The second-order valence-electron chi connectivity index (χ2n) is 8.48. The number of benzene rings is 5. The van der Waals surface area contributed by atoms with Crippen LogP contribution < -0.4 is 10.9 Å². The van der Waals surface area contributed by atoms with E-state index < -0.39 is 0 Å². The molecule has 0 radical (unpaired) electrons. The van der Waals surface area contributed by atoms with Crippen molar-refractivity contribution in [2.75, 3.05) is 0 Å². The Morgan fingerprint density at radius 2 is 1.20 bits per heavy atom. The lowest BCUT2D eigenvalue weighted by Crippen LogP contribution is -2.25. The number of rotatable bonds is 4. The van der Waals surface area contributed by atoms with Gasteiger partial charge in [-0.3, -0.25) is 9.59 Å². The number of para-hydroxylation sites is 2. The normalized spacial score (nSPS) is 11.7. The Labute approximate surface area is 200 Å². The molecule has 5 heteroatoms. The molecule has 0 unspecified atom stereocenters. The van der Waals surface area contributed by atoms with Gasteiger partial charge < -0.3 is 4.57 Å². The summed E-state index contributed by atoms with van der Waals surface area (Å²) in [5, 5.41) is 9.87. The van der Waals surface area contributed by atoms with Gasteiger partial charge >= 0.3 is 0 Å². The van der Waals surface area contributed by atoms with Crippen molar-refractivity contribution < 1.29 is 4.79 Å². The minimum atomic E-state index is -0.273. The van der Waals surface area contributed by atoms with Gasteiger partial charge in [0.25, 0.3) is 5.91 Å². The van der Waals surface area contributed by atoms with E-state index in [0.29, 0.717) is 10.8 Å². The Hall–Kier alpha value is -4.77. The fourth-order valence-electron chi connectivity index (χ4n) is 4.78. The maximum absolute atomic E-state index is 13.0. The topological polar surface area (TPSA) is 63.5 Å². The third kappa shape index (κ3) is 3.63. The van der Waals surface area contributed by atoms with Crippen molar-refractivity contribution in [1.29, 1.82) is 0 Å². The lowest BCUT2D eigenvalue weighted by atomic mass is 9.97. The smallest absolute Gasteiger partial charge is 0.260 e. The van der Waals surface area contributed by atoms with Crippen LogP contribution in [0.1, 0.15) is 5.56 Å². The average Bonchev–Trinajstić information content (AvgIpc) is 2.90. The van der Waals surface area contributed by atoms with Crippen molar-refractivity contribution in [1.82, 2.24) is 9.99 Å². The van der Waals surface area contributed by atoms with E-state index in [1.165, 1.54) is 0 Å². The summed E-state index contributed by atoms with van der Waals surface area (Å²) in [6, 6.07) is 33.2. The number of hydrogen-bond acceptors (Lipinski definition) is 3. The van der Waals surface area contributed by atoms with Gasteiger partial charge in [0.15, 0.2) is 5.43 Å². The van der Waals surface area contributed by atoms with E-state index in [4.69, 9.17) is 0 Å². The quantitative estimate of drug-likeness (QED) is 0.213. The van der Waals surface area contributed by atoms with E-state index in [0.717, 1.165) is 38.1 Å². The lowest BCUT2D eigenvalue weighted by molar-refractivity contribution is -0.121. The molecule has 1 aromatic heterocycles. The molecule has 0 saturated heterocycles. The third-order valence-electron chi connectivity index (χ3n) is 6.38. The van der Waals surface area contributed by atoms with Crippen LogP contribution in [-0.2, 0) is 11.3 Å².